The Morgan fingerprint density at radius 1 is 1.55 bits per heavy atom. The summed E-state index contributed by atoms with van der Waals surface area (Å²) in [5.74, 6) is 0.260. The van der Waals surface area contributed by atoms with E-state index in [0.29, 0.717) is 10.4 Å². The fourth-order valence-electron chi connectivity index (χ4n) is 1.21. The molecule has 1 aromatic rings. The number of alkyl halides is 4. The van der Waals surface area contributed by atoms with Crippen molar-refractivity contribution in [2.45, 2.75) is 19.3 Å². The first-order valence-electron chi connectivity index (χ1n) is 5.51. The SMILES string of the molecule is Cc1cc(C(=O)NCC(F)(F)C(F)F)sc1C#CCN. The lowest BCUT2D eigenvalue weighted by atomic mass is 10.2. The minimum Gasteiger partial charge on any atom is -0.345 e. The number of carbonyl (C=O) groups is 1. The molecule has 1 aromatic heterocycles. The maximum absolute atomic E-state index is 12.7. The fraction of sp³-hybridized carbons (Fsp3) is 0.417. The highest BCUT2D eigenvalue weighted by Crippen LogP contribution is 2.23. The van der Waals surface area contributed by atoms with E-state index in [-0.39, 0.29) is 11.4 Å². The molecule has 20 heavy (non-hydrogen) atoms. The molecule has 0 aliphatic heterocycles. The van der Waals surface area contributed by atoms with Crippen LogP contribution in [-0.4, -0.2) is 31.3 Å². The number of thiophene rings is 1. The van der Waals surface area contributed by atoms with Gasteiger partial charge in [0.05, 0.1) is 22.8 Å². The molecule has 110 valence electrons. The highest BCUT2D eigenvalue weighted by molar-refractivity contribution is 7.14. The molecular formula is C12H12F4N2OS. The molecule has 3 nitrogen and oxygen atoms in total. The fourth-order valence-corrected chi connectivity index (χ4v) is 2.18. The van der Waals surface area contributed by atoms with E-state index in [0.717, 1.165) is 11.3 Å². The molecule has 1 rings (SSSR count). The van der Waals surface area contributed by atoms with E-state index in [9.17, 15) is 22.4 Å². The van der Waals surface area contributed by atoms with Crippen LogP contribution >= 0.6 is 11.3 Å². The van der Waals surface area contributed by atoms with Crippen LogP contribution < -0.4 is 11.1 Å². The van der Waals surface area contributed by atoms with E-state index in [1.165, 1.54) is 6.07 Å². The zero-order valence-electron chi connectivity index (χ0n) is 10.5. The second kappa shape index (κ2) is 6.72. The first kappa shape index (κ1) is 16.5. The van der Waals surface area contributed by atoms with Gasteiger partial charge in [0.25, 0.3) is 5.91 Å². The number of aryl methyl sites for hydroxylation is 1. The summed E-state index contributed by atoms with van der Waals surface area (Å²) < 4.78 is 49.2. The summed E-state index contributed by atoms with van der Waals surface area (Å²) >= 11 is 0.993. The molecule has 0 aliphatic rings. The van der Waals surface area contributed by atoms with Crippen molar-refractivity contribution >= 4 is 17.2 Å². The minimum atomic E-state index is -4.25. The monoisotopic (exact) mass is 308 g/mol. The van der Waals surface area contributed by atoms with Crippen LogP contribution in [0, 0.1) is 18.8 Å². The number of hydrogen-bond acceptors (Lipinski definition) is 3. The summed E-state index contributed by atoms with van der Waals surface area (Å²) in [7, 11) is 0. The molecule has 0 bridgehead atoms. The Balaban J connectivity index is 2.74. The third kappa shape index (κ3) is 4.21. The number of nitrogens with one attached hydrogen (secondary N) is 1. The molecule has 0 aliphatic carbocycles. The first-order chi connectivity index (χ1) is 9.27. The van der Waals surface area contributed by atoms with Crippen molar-refractivity contribution in [1.82, 2.24) is 5.32 Å². The number of rotatable bonds is 4. The van der Waals surface area contributed by atoms with Crippen LogP contribution in [0.4, 0.5) is 17.6 Å². The number of nitrogens with two attached hydrogens (primary N) is 1. The molecular weight excluding hydrogens is 296 g/mol. The standard InChI is InChI=1S/C12H12F4N2OS/c1-7-5-9(20-8(7)3-2-4-17)10(19)18-6-12(15,16)11(13)14/h5,11H,4,6,17H2,1H3,(H,18,19). The average molecular weight is 308 g/mol. The van der Waals surface area contributed by atoms with Crippen molar-refractivity contribution in [3.8, 4) is 11.8 Å². The Hall–Kier alpha value is -1.59. The summed E-state index contributed by atoms with van der Waals surface area (Å²) in [6.07, 6.45) is -3.82. The van der Waals surface area contributed by atoms with Gasteiger partial charge in [0, 0.05) is 0 Å². The van der Waals surface area contributed by atoms with Gasteiger partial charge in [-0.2, -0.15) is 8.78 Å². The van der Waals surface area contributed by atoms with Crippen LogP contribution in [0.1, 0.15) is 20.1 Å². The average Bonchev–Trinajstić information content (AvgIpc) is 2.75. The van der Waals surface area contributed by atoms with Gasteiger partial charge < -0.3 is 11.1 Å². The Morgan fingerprint density at radius 3 is 2.75 bits per heavy atom. The molecule has 8 heteroatoms. The Bertz CT molecular complexity index is 545. The molecule has 0 fully saturated rings. The smallest absolute Gasteiger partial charge is 0.324 e. The topological polar surface area (TPSA) is 55.1 Å². The van der Waals surface area contributed by atoms with Crippen LogP contribution in [0.5, 0.6) is 0 Å². The predicted octanol–water partition coefficient (Wildman–Crippen LogP) is 2.00. The lowest BCUT2D eigenvalue weighted by Crippen LogP contribution is -2.41. The molecule has 0 spiro atoms. The molecule has 1 heterocycles. The van der Waals surface area contributed by atoms with Crippen molar-refractivity contribution in [1.29, 1.82) is 0 Å². The summed E-state index contributed by atoms with van der Waals surface area (Å²) in [6, 6.07) is 1.46. The Morgan fingerprint density at radius 2 is 2.20 bits per heavy atom. The van der Waals surface area contributed by atoms with Crippen LogP contribution in [0.2, 0.25) is 0 Å². The van der Waals surface area contributed by atoms with Crippen LogP contribution in [-0.2, 0) is 0 Å². The number of hydrogen-bond donors (Lipinski definition) is 2. The van der Waals surface area contributed by atoms with E-state index in [1.54, 1.807) is 12.2 Å². The summed E-state index contributed by atoms with van der Waals surface area (Å²) in [5, 5.41) is 1.79. The maximum atomic E-state index is 12.7. The van der Waals surface area contributed by atoms with Crippen LogP contribution in [0.25, 0.3) is 0 Å². The summed E-state index contributed by atoms with van der Waals surface area (Å²) in [4.78, 5) is 12.3. The van der Waals surface area contributed by atoms with Gasteiger partial charge in [-0.05, 0) is 18.6 Å². The molecule has 0 aromatic carbocycles. The highest BCUT2D eigenvalue weighted by atomic mass is 32.1. The third-order valence-corrected chi connectivity index (χ3v) is 3.40. The van der Waals surface area contributed by atoms with Gasteiger partial charge in [-0.1, -0.05) is 11.8 Å². The summed E-state index contributed by atoms with van der Waals surface area (Å²) in [5.41, 5.74) is 5.91. The van der Waals surface area contributed by atoms with Gasteiger partial charge in [0.2, 0.25) is 0 Å². The van der Waals surface area contributed by atoms with Gasteiger partial charge in [-0.3, -0.25) is 4.79 Å². The van der Waals surface area contributed by atoms with Gasteiger partial charge in [0.15, 0.2) is 0 Å². The molecule has 0 radical (unpaired) electrons. The number of amides is 1. The maximum Gasteiger partial charge on any atom is 0.324 e. The number of carbonyl (C=O) groups excluding carboxylic acids is 1. The summed E-state index contributed by atoms with van der Waals surface area (Å²) in [6.45, 7) is 0.436. The minimum absolute atomic E-state index is 0.133. The molecule has 0 atom stereocenters. The Kier molecular flexibility index (Phi) is 5.53. The lowest BCUT2D eigenvalue weighted by molar-refractivity contribution is -0.123. The normalized spacial score (nSPS) is 11.2. The van der Waals surface area contributed by atoms with Crippen molar-refractivity contribution in [3.63, 3.8) is 0 Å². The first-order valence-corrected chi connectivity index (χ1v) is 6.33. The molecule has 0 unspecified atom stereocenters. The quantitative estimate of drug-likeness (QED) is 0.660. The van der Waals surface area contributed by atoms with E-state index in [2.05, 4.69) is 11.8 Å². The van der Waals surface area contributed by atoms with Gasteiger partial charge >= 0.3 is 12.3 Å². The lowest BCUT2D eigenvalue weighted by Gasteiger charge is -2.15. The van der Waals surface area contributed by atoms with Crippen molar-refractivity contribution in [3.05, 3.63) is 21.4 Å². The Labute approximate surface area is 117 Å². The van der Waals surface area contributed by atoms with E-state index in [1.807, 2.05) is 0 Å². The second-order valence-electron chi connectivity index (χ2n) is 3.87. The van der Waals surface area contributed by atoms with Crippen molar-refractivity contribution in [2.75, 3.05) is 13.1 Å². The van der Waals surface area contributed by atoms with Crippen molar-refractivity contribution in [2.24, 2.45) is 5.73 Å². The predicted molar refractivity (Wildman–Crippen MR) is 68.3 cm³/mol. The molecule has 3 N–H and O–H groups in total. The molecule has 1 amide bonds. The van der Waals surface area contributed by atoms with E-state index < -0.39 is 24.8 Å². The zero-order chi connectivity index (χ0) is 15.3. The van der Waals surface area contributed by atoms with E-state index >= 15 is 0 Å². The second-order valence-corrected chi connectivity index (χ2v) is 4.93. The highest BCUT2D eigenvalue weighted by Gasteiger charge is 2.40. The molecule has 0 saturated carbocycles. The largest absolute Gasteiger partial charge is 0.345 e. The van der Waals surface area contributed by atoms with Gasteiger partial charge in [-0.25, -0.2) is 8.78 Å². The zero-order valence-corrected chi connectivity index (χ0v) is 11.3. The molecule has 0 saturated heterocycles. The van der Waals surface area contributed by atoms with E-state index in [4.69, 9.17) is 5.73 Å². The van der Waals surface area contributed by atoms with Gasteiger partial charge in [-0.15, -0.1) is 11.3 Å². The van der Waals surface area contributed by atoms with Crippen LogP contribution in [0.15, 0.2) is 6.07 Å². The third-order valence-electron chi connectivity index (χ3n) is 2.25. The number of halogens is 4. The van der Waals surface area contributed by atoms with Crippen LogP contribution in [0.3, 0.4) is 0 Å². The van der Waals surface area contributed by atoms with Gasteiger partial charge in [0.1, 0.15) is 0 Å². The van der Waals surface area contributed by atoms with Crippen molar-refractivity contribution < 1.29 is 22.4 Å².